The average molecular weight is 190 g/mol. The summed E-state index contributed by atoms with van der Waals surface area (Å²) >= 11 is 0. The van der Waals surface area contributed by atoms with Crippen LogP contribution in [-0.4, -0.2) is 20.0 Å². The van der Waals surface area contributed by atoms with Crippen LogP contribution in [0.25, 0.3) is 0 Å². The van der Waals surface area contributed by atoms with Crippen LogP contribution in [-0.2, 0) is 15.6 Å². The number of carbonyl (C=O) groups excluding carboxylic acids is 1. The summed E-state index contributed by atoms with van der Waals surface area (Å²) in [6.45, 7) is 9.22. The zero-order valence-electron chi connectivity index (χ0n) is 8.51. The van der Waals surface area contributed by atoms with Gasteiger partial charge >= 0.3 is 0 Å². The molecule has 0 heterocycles. The minimum atomic E-state index is -1.06. The first kappa shape index (κ1) is 11.8. The molecule has 2 unspecified atom stereocenters. The van der Waals surface area contributed by atoms with E-state index in [0.717, 1.165) is 0 Å². The number of Topliss-reactive ketones (excluding diaryl/α,β-unsaturated/α-hetero) is 1. The van der Waals surface area contributed by atoms with E-state index in [9.17, 15) is 9.00 Å². The molecule has 0 aromatic rings. The highest BCUT2D eigenvalue weighted by Crippen LogP contribution is 2.16. The Kier molecular flexibility index (Phi) is 4.11. The number of ketones is 1. The molecule has 72 valence electrons. The molecule has 0 fully saturated rings. The lowest BCUT2D eigenvalue weighted by molar-refractivity contribution is -0.118. The summed E-state index contributed by atoms with van der Waals surface area (Å²) in [5.74, 6) is 0.0864. The summed E-state index contributed by atoms with van der Waals surface area (Å²) in [6.07, 6.45) is 0.475. The van der Waals surface area contributed by atoms with Crippen LogP contribution < -0.4 is 0 Å². The van der Waals surface area contributed by atoms with Crippen LogP contribution in [0.3, 0.4) is 0 Å². The van der Waals surface area contributed by atoms with Gasteiger partial charge in [-0.25, -0.2) is 0 Å². The van der Waals surface area contributed by atoms with Crippen LogP contribution in [0.5, 0.6) is 0 Å². The summed E-state index contributed by atoms with van der Waals surface area (Å²) in [5, 5.41) is -0.324. The summed E-state index contributed by atoms with van der Waals surface area (Å²) in [5.41, 5.74) is 0. The molecule has 0 radical (unpaired) electrons. The molecule has 0 aliphatic heterocycles. The molecule has 0 aliphatic carbocycles. The molecule has 0 spiro atoms. The van der Waals surface area contributed by atoms with Gasteiger partial charge in [0.15, 0.2) is 0 Å². The Morgan fingerprint density at radius 2 is 1.83 bits per heavy atom. The van der Waals surface area contributed by atoms with Crippen LogP contribution in [0.1, 0.15) is 41.0 Å². The fourth-order valence-electron chi connectivity index (χ4n) is 0.937. The largest absolute Gasteiger partial charge is 0.298 e. The molecule has 0 aliphatic rings. The van der Waals surface area contributed by atoms with Gasteiger partial charge in [-0.1, -0.05) is 6.92 Å². The number of hydrogen-bond donors (Lipinski definition) is 0. The standard InChI is InChI=1S/C9H18O2S/c1-6-8(10)7(2)12(11)9(3,4)5/h7H,6H2,1-5H3. The van der Waals surface area contributed by atoms with Crippen molar-refractivity contribution in [2.24, 2.45) is 0 Å². The zero-order chi connectivity index (χ0) is 9.94. The molecule has 0 saturated carbocycles. The molecule has 0 rings (SSSR count). The summed E-state index contributed by atoms with van der Waals surface area (Å²) < 4.78 is 11.4. The van der Waals surface area contributed by atoms with Crippen molar-refractivity contribution < 1.29 is 9.00 Å². The number of rotatable bonds is 3. The normalized spacial score (nSPS) is 17.1. The van der Waals surface area contributed by atoms with E-state index in [1.165, 1.54) is 0 Å². The highest BCUT2D eigenvalue weighted by atomic mass is 32.2. The average Bonchev–Trinajstić information content (AvgIpc) is 1.98. The van der Waals surface area contributed by atoms with E-state index in [0.29, 0.717) is 6.42 Å². The van der Waals surface area contributed by atoms with Gasteiger partial charge in [-0.3, -0.25) is 9.00 Å². The molecular formula is C9H18O2S. The predicted octanol–water partition coefficient (Wildman–Crippen LogP) is 1.90. The molecule has 0 aromatic heterocycles. The monoisotopic (exact) mass is 190 g/mol. The summed E-state index contributed by atoms with van der Waals surface area (Å²) in [7, 11) is -1.06. The Hall–Kier alpha value is -0.180. The van der Waals surface area contributed by atoms with Crippen molar-refractivity contribution >= 4 is 16.6 Å². The Morgan fingerprint density at radius 3 is 2.08 bits per heavy atom. The van der Waals surface area contributed by atoms with Gasteiger partial charge in [-0.15, -0.1) is 0 Å². The smallest absolute Gasteiger partial charge is 0.147 e. The maximum atomic E-state index is 11.7. The number of carbonyl (C=O) groups is 1. The number of hydrogen-bond acceptors (Lipinski definition) is 2. The van der Waals surface area contributed by atoms with Crippen molar-refractivity contribution in [3.05, 3.63) is 0 Å². The molecule has 0 amide bonds. The lowest BCUT2D eigenvalue weighted by Crippen LogP contribution is -2.34. The molecule has 0 N–H and O–H groups in total. The molecule has 0 saturated heterocycles. The Morgan fingerprint density at radius 1 is 1.42 bits per heavy atom. The third-order valence-electron chi connectivity index (χ3n) is 1.73. The van der Waals surface area contributed by atoms with E-state index < -0.39 is 10.8 Å². The topological polar surface area (TPSA) is 34.1 Å². The molecule has 2 nitrogen and oxygen atoms in total. The van der Waals surface area contributed by atoms with Gasteiger partial charge in [0.05, 0.1) is 5.25 Å². The van der Waals surface area contributed by atoms with Gasteiger partial charge in [0.2, 0.25) is 0 Å². The molecule has 2 atom stereocenters. The quantitative estimate of drug-likeness (QED) is 0.681. The maximum Gasteiger partial charge on any atom is 0.147 e. The van der Waals surface area contributed by atoms with E-state index in [4.69, 9.17) is 0 Å². The predicted molar refractivity (Wildman–Crippen MR) is 52.7 cm³/mol. The van der Waals surface area contributed by atoms with Gasteiger partial charge in [0.1, 0.15) is 5.78 Å². The van der Waals surface area contributed by atoms with Gasteiger partial charge < -0.3 is 0 Å². The fourth-order valence-corrected chi connectivity index (χ4v) is 2.40. The second-order valence-corrected chi connectivity index (χ2v) is 6.40. The summed E-state index contributed by atoms with van der Waals surface area (Å²) in [4.78, 5) is 11.2. The van der Waals surface area contributed by atoms with Crippen LogP contribution >= 0.6 is 0 Å². The second kappa shape index (κ2) is 4.17. The SMILES string of the molecule is CCC(=O)C(C)S(=O)C(C)(C)C. The Labute approximate surface area is 77.2 Å². The van der Waals surface area contributed by atoms with E-state index in [2.05, 4.69) is 0 Å². The van der Waals surface area contributed by atoms with Gasteiger partial charge in [-0.05, 0) is 27.7 Å². The van der Waals surface area contributed by atoms with Crippen LogP contribution in [0, 0.1) is 0 Å². The minimum Gasteiger partial charge on any atom is -0.298 e. The van der Waals surface area contributed by atoms with Crippen molar-refractivity contribution in [1.29, 1.82) is 0 Å². The third kappa shape index (κ3) is 3.05. The second-order valence-electron chi connectivity index (χ2n) is 3.87. The maximum absolute atomic E-state index is 11.7. The van der Waals surface area contributed by atoms with Crippen molar-refractivity contribution in [2.75, 3.05) is 0 Å². The lowest BCUT2D eigenvalue weighted by atomic mass is 10.2. The highest BCUT2D eigenvalue weighted by molar-refractivity contribution is 7.87. The van der Waals surface area contributed by atoms with Crippen LogP contribution in [0.2, 0.25) is 0 Å². The zero-order valence-corrected chi connectivity index (χ0v) is 9.33. The first-order chi connectivity index (χ1) is 5.30. The third-order valence-corrected chi connectivity index (χ3v) is 3.84. The van der Waals surface area contributed by atoms with Gasteiger partial charge in [0, 0.05) is 22.0 Å². The fraction of sp³-hybridized carbons (Fsp3) is 0.889. The van der Waals surface area contributed by atoms with Crippen LogP contribution in [0.15, 0.2) is 0 Å². The highest BCUT2D eigenvalue weighted by Gasteiger charge is 2.28. The molecule has 0 bridgehead atoms. The van der Waals surface area contributed by atoms with E-state index in [1.54, 1.807) is 13.8 Å². The van der Waals surface area contributed by atoms with E-state index >= 15 is 0 Å². The molecule has 0 aromatic carbocycles. The molecule has 12 heavy (non-hydrogen) atoms. The molecule has 3 heteroatoms. The van der Waals surface area contributed by atoms with Gasteiger partial charge in [-0.2, -0.15) is 0 Å². The van der Waals surface area contributed by atoms with Crippen molar-refractivity contribution in [3.63, 3.8) is 0 Å². The van der Waals surface area contributed by atoms with Crippen molar-refractivity contribution in [1.82, 2.24) is 0 Å². The van der Waals surface area contributed by atoms with Crippen molar-refractivity contribution in [2.45, 2.75) is 51.0 Å². The first-order valence-corrected chi connectivity index (χ1v) is 5.45. The minimum absolute atomic E-state index is 0.0864. The Balaban J connectivity index is 4.41. The van der Waals surface area contributed by atoms with Crippen molar-refractivity contribution in [3.8, 4) is 0 Å². The lowest BCUT2D eigenvalue weighted by Gasteiger charge is -2.21. The Bertz CT molecular complexity index is 191. The summed E-state index contributed by atoms with van der Waals surface area (Å²) in [6, 6.07) is 0. The molecular weight excluding hydrogens is 172 g/mol. The van der Waals surface area contributed by atoms with E-state index in [1.807, 2.05) is 20.8 Å². The van der Waals surface area contributed by atoms with Gasteiger partial charge in [0.25, 0.3) is 0 Å². The van der Waals surface area contributed by atoms with Crippen LogP contribution in [0.4, 0.5) is 0 Å². The van der Waals surface area contributed by atoms with E-state index in [-0.39, 0.29) is 15.8 Å². The first-order valence-electron chi connectivity index (χ1n) is 4.24.